The molecule has 1 aliphatic rings. The molecule has 0 aromatic heterocycles. The minimum Gasteiger partial charge on any atom is -0.469 e. The lowest BCUT2D eigenvalue weighted by Crippen LogP contribution is -2.45. The summed E-state index contributed by atoms with van der Waals surface area (Å²) >= 11 is 0. The summed E-state index contributed by atoms with van der Waals surface area (Å²) in [6, 6.07) is 6.86. The summed E-state index contributed by atoms with van der Waals surface area (Å²) in [5.74, 6) is -0.693. The van der Waals surface area contributed by atoms with Crippen LogP contribution in [-0.4, -0.2) is 33.3 Å². The van der Waals surface area contributed by atoms with Crippen LogP contribution < -0.4 is 4.31 Å². The van der Waals surface area contributed by atoms with Gasteiger partial charge in [0, 0.05) is 6.04 Å². The third-order valence-corrected chi connectivity index (χ3v) is 5.56. The van der Waals surface area contributed by atoms with Crippen LogP contribution in [0.25, 0.3) is 0 Å². The van der Waals surface area contributed by atoms with E-state index in [-0.39, 0.29) is 17.8 Å². The highest BCUT2D eigenvalue weighted by Gasteiger charge is 2.39. The lowest BCUT2D eigenvalue weighted by molar-refractivity contribution is -0.142. The van der Waals surface area contributed by atoms with Gasteiger partial charge >= 0.3 is 5.97 Å². The maximum absolute atomic E-state index is 12.3. The molecule has 5 nitrogen and oxygen atoms in total. The first-order chi connectivity index (χ1) is 9.42. The molecule has 0 saturated heterocycles. The molecule has 2 rings (SSSR count). The topological polar surface area (TPSA) is 63.7 Å². The highest BCUT2D eigenvalue weighted by atomic mass is 32.2. The number of anilines is 1. The number of rotatable bonds is 3. The maximum Gasteiger partial charge on any atom is 0.313 e. The molecular formula is C14H19NO4S. The Balaban J connectivity index is 2.57. The number of sulfonamides is 1. The van der Waals surface area contributed by atoms with E-state index in [4.69, 9.17) is 4.74 Å². The van der Waals surface area contributed by atoms with E-state index in [9.17, 15) is 13.2 Å². The number of carbonyl (C=O) groups is 1. The molecule has 6 heteroatoms. The summed E-state index contributed by atoms with van der Waals surface area (Å²) in [7, 11) is -2.01. The Bertz CT molecular complexity index is 611. The van der Waals surface area contributed by atoms with E-state index >= 15 is 0 Å². The summed E-state index contributed by atoms with van der Waals surface area (Å²) in [6.07, 6.45) is 0.433. The van der Waals surface area contributed by atoms with Crippen LogP contribution in [0.15, 0.2) is 24.3 Å². The fourth-order valence-corrected chi connectivity index (χ4v) is 4.09. The van der Waals surface area contributed by atoms with Gasteiger partial charge in [0.2, 0.25) is 10.0 Å². The van der Waals surface area contributed by atoms with E-state index in [1.165, 1.54) is 11.4 Å². The molecule has 110 valence electrons. The first kappa shape index (κ1) is 14.8. The zero-order valence-corrected chi connectivity index (χ0v) is 12.7. The normalized spacial score (nSPS) is 22.2. The monoisotopic (exact) mass is 297 g/mol. The van der Waals surface area contributed by atoms with Gasteiger partial charge in [-0.1, -0.05) is 18.2 Å². The van der Waals surface area contributed by atoms with Crippen molar-refractivity contribution < 1.29 is 17.9 Å². The van der Waals surface area contributed by atoms with E-state index < -0.39 is 15.9 Å². The molecule has 0 saturated carbocycles. The Hall–Kier alpha value is -1.56. The summed E-state index contributed by atoms with van der Waals surface area (Å²) in [5.41, 5.74) is 1.30. The first-order valence-electron chi connectivity index (χ1n) is 6.61. The minimum atomic E-state index is -3.36. The molecule has 1 aromatic rings. The molecule has 2 unspecified atom stereocenters. The van der Waals surface area contributed by atoms with E-state index in [2.05, 4.69) is 0 Å². The van der Waals surface area contributed by atoms with Crippen molar-refractivity contribution in [2.24, 2.45) is 0 Å². The summed E-state index contributed by atoms with van der Waals surface area (Å²) in [5, 5.41) is 0. The van der Waals surface area contributed by atoms with Gasteiger partial charge in [-0.15, -0.1) is 0 Å². The van der Waals surface area contributed by atoms with Gasteiger partial charge < -0.3 is 4.74 Å². The molecule has 0 spiro atoms. The molecule has 20 heavy (non-hydrogen) atoms. The second-order valence-electron chi connectivity index (χ2n) is 4.92. The molecule has 0 radical (unpaired) electrons. The van der Waals surface area contributed by atoms with Gasteiger partial charge in [0.05, 0.1) is 24.5 Å². The zero-order valence-electron chi connectivity index (χ0n) is 11.9. The van der Waals surface area contributed by atoms with Crippen LogP contribution in [0.5, 0.6) is 0 Å². The van der Waals surface area contributed by atoms with Crippen LogP contribution in [0.4, 0.5) is 5.69 Å². The van der Waals surface area contributed by atoms with Crippen molar-refractivity contribution in [1.82, 2.24) is 0 Å². The van der Waals surface area contributed by atoms with Crippen molar-refractivity contribution in [2.45, 2.75) is 32.2 Å². The van der Waals surface area contributed by atoms with Gasteiger partial charge in [0.25, 0.3) is 0 Å². The number of ether oxygens (including phenoxy) is 1. The lowest BCUT2D eigenvalue weighted by atomic mass is 9.87. The summed E-state index contributed by atoms with van der Waals surface area (Å²) in [6.45, 7) is 3.44. The number of benzene rings is 1. The van der Waals surface area contributed by atoms with Gasteiger partial charge in [0.1, 0.15) is 0 Å². The van der Waals surface area contributed by atoms with E-state index in [1.807, 2.05) is 13.0 Å². The molecule has 1 aliphatic heterocycles. The maximum atomic E-state index is 12.3. The molecule has 0 amide bonds. The van der Waals surface area contributed by atoms with Crippen molar-refractivity contribution >= 4 is 21.7 Å². The molecule has 0 fully saturated rings. The Morgan fingerprint density at radius 3 is 2.65 bits per heavy atom. The molecule has 0 N–H and O–H groups in total. The number of para-hydroxylation sites is 1. The average Bonchev–Trinajstić information content (AvgIpc) is 2.45. The molecular weight excluding hydrogens is 278 g/mol. The largest absolute Gasteiger partial charge is 0.469 e. The zero-order chi connectivity index (χ0) is 14.9. The minimum absolute atomic E-state index is 0.0363. The van der Waals surface area contributed by atoms with Crippen LogP contribution in [0.3, 0.4) is 0 Å². The van der Waals surface area contributed by atoms with Crippen molar-refractivity contribution in [1.29, 1.82) is 0 Å². The highest BCUT2D eigenvalue weighted by Crippen LogP contribution is 2.40. The number of methoxy groups -OCH3 is 1. The third-order valence-electron chi connectivity index (χ3n) is 3.68. The van der Waals surface area contributed by atoms with Crippen LogP contribution in [0.2, 0.25) is 0 Å². The molecule has 1 heterocycles. The van der Waals surface area contributed by atoms with Crippen LogP contribution in [0.1, 0.15) is 31.7 Å². The van der Waals surface area contributed by atoms with Gasteiger partial charge in [-0.25, -0.2) is 8.42 Å². The molecule has 2 atom stereocenters. The third kappa shape index (κ3) is 2.40. The van der Waals surface area contributed by atoms with Crippen molar-refractivity contribution in [2.75, 3.05) is 17.2 Å². The quantitative estimate of drug-likeness (QED) is 0.799. The fraction of sp³-hybridized carbons (Fsp3) is 0.500. The van der Waals surface area contributed by atoms with Crippen molar-refractivity contribution in [3.05, 3.63) is 29.8 Å². The predicted molar refractivity (Wildman–Crippen MR) is 77.2 cm³/mol. The summed E-state index contributed by atoms with van der Waals surface area (Å²) in [4.78, 5) is 11.9. The van der Waals surface area contributed by atoms with Crippen LogP contribution in [0, 0.1) is 0 Å². The molecule has 1 aromatic carbocycles. The first-order valence-corrected chi connectivity index (χ1v) is 8.22. The standard InChI is InChI=1S/C14H19NO4S/c1-4-20(17,18)15-10(2)9-12(14(16)19-3)11-7-5-6-8-13(11)15/h5-8,10,12H,4,9H2,1-3H3. The Kier molecular flexibility index (Phi) is 4.04. The Labute approximate surface area is 119 Å². The Morgan fingerprint density at radius 1 is 1.40 bits per heavy atom. The smallest absolute Gasteiger partial charge is 0.313 e. The lowest BCUT2D eigenvalue weighted by Gasteiger charge is -2.38. The van der Waals surface area contributed by atoms with Crippen LogP contribution in [-0.2, 0) is 19.6 Å². The van der Waals surface area contributed by atoms with E-state index in [0.29, 0.717) is 12.1 Å². The average molecular weight is 297 g/mol. The molecule has 0 aliphatic carbocycles. The summed E-state index contributed by atoms with van der Waals surface area (Å²) < 4.78 is 30.8. The van der Waals surface area contributed by atoms with Crippen molar-refractivity contribution in [3.8, 4) is 0 Å². The second-order valence-corrected chi connectivity index (χ2v) is 7.05. The van der Waals surface area contributed by atoms with Gasteiger partial charge in [-0.05, 0) is 31.9 Å². The SMILES string of the molecule is CCS(=O)(=O)N1c2ccccc2C(C(=O)OC)CC1C. The van der Waals surface area contributed by atoms with E-state index in [1.54, 1.807) is 25.1 Å². The fourth-order valence-electron chi connectivity index (χ4n) is 2.71. The second kappa shape index (κ2) is 5.44. The van der Waals surface area contributed by atoms with Gasteiger partial charge in [-0.3, -0.25) is 9.10 Å². The van der Waals surface area contributed by atoms with Gasteiger partial charge in [-0.2, -0.15) is 0 Å². The Morgan fingerprint density at radius 2 is 2.05 bits per heavy atom. The number of nitrogens with zero attached hydrogens (tertiary/aromatic N) is 1. The van der Waals surface area contributed by atoms with E-state index in [0.717, 1.165) is 5.56 Å². The number of hydrogen-bond acceptors (Lipinski definition) is 4. The number of hydrogen-bond donors (Lipinski definition) is 0. The number of fused-ring (bicyclic) bond motifs is 1. The molecule has 0 bridgehead atoms. The van der Waals surface area contributed by atoms with Gasteiger partial charge in [0.15, 0.2) is 0 Å². The van der Waals surface area contributed by atoms with Crippen molar-refractivity contribution in [3.63, 3.8) is 0 Å². The highest BCUT2D eigenvalue weighted by molar-refractivity contribution is 7.92. The number of esters is 1. The predicted octanol–water partition coefficient (Wildman–Crippen LogP) is 1.89. The van der Waals surface area contributed by atoms with Crippen LogP contribution >= 0.6 is 0 Å². The number of carbonyl (C=O) groups excluding carboxylic acids is 1.